The molecule has 4 fully saturated rings. The minimum atomic E-state index is -0.0371. The molecule has 0 aromatic heterocycles. The van der Waals surface area contributed by atoms with Gasteiger partial charge in [-0.3, -0.25) is 19.3 Å². The normalized spacial score (nSPS) is 37.6. The summed E-state index contributed by atoms with van der Waals surface area (Å²) in [5, 5.41) is 2.98. The Morgan fingerprint density at radius 1 is 0.852 bits per heavy atom. The van der Waals surface area contributed by atoms with Crippen molar-refractivity contribution in [2.45, 2.75) is 51.0 Å². The lowest BCUT2D eigenvalue weighted by Gasteiger charge is -2.33. The largest absolute Gasteiger partial charge is 0.326 e. The lowest BCUT2D eigenvalue weighted by atomic mass is 9.81. The number of carbonyl (C=O) groups is 3. The Balaban J connectivity index is 1.22. The molecular weight excluding hydrogens is 340 g/mol. The number of nitrogens with zero attached hydrogens (tertiary/aromatic N) is 1. The minimum absolute atomic E-state index is 0.00391. The van der Waals surface area contributed by atoms with Crippen LogP contribution in [0, 0.1) is 29.6 Å². The zero-order chi connectivity index (χ0) is 18.5. The molecule has 4 aliphatic rings. The van der Waals surface area contributed by atoms with Crippen LogP contribution >= 0.6 is 0 Å². The first kappa shape index (κ1) is 17.0. The first-order valence-electron chi connectivity index (χ1n) is 10.4. The van der Waals surface area contributed by atoms with Gasteiger partial charge >= 0.3 is 0 Å². The Morgan fingerprint density at radius 2 is 1.44 bits per heavy atom. The molecule has 142 valence electrons. The molecule has 0 radical (unpaired) electrons. The van der Waals surface area contributed by atoms with Gasteiger partial charge in [-0.15, -0.1) is 0 Å². The second-order valence-corrected chi connectivity index (χ2v) is 8.79. The van der Waals surface area contributed by atoms with Crippen LogP contribution in [0.25, 0.3) is 0 Å². The summed E-state index contributed by atoms with van der Waals surface area (Å²) in [4.78, 5) is 40.1. The number of anilines is 1. The quantitative estimate of drug-likeness (QED) is 0.836. The highest BCUT2D eigenvalue weighted by Gasteiger charge is 2.61. The Hall–Kier alpha value is -2.17. The molecule has 3 amide bonds. The molecule has 3 saturated carbocycles. The van der Waals surface area contributed by atoms with Gasteiger partial charge in [0.1, 0.15) is 0 Å². The molecule has 1 heterocycles. The molecule has 27 heavy (non-hydrogen) atoms. The maximum atomic E-state index is 13.0. The first-order valence-corrected chi connectivity index (χ1v) is 10.4. The van der Waals surface area contributed by atoms with Crippen LogP contribution in [0.15, 0.2) is 30.3 Å². The van der Waals surface area contributed by atoms with Gasteiger partial charge in [0.2, 0.25) is 17.7 Å². The number of para-hydroxylation sites is 1. The van der Waals surface area contributed by atoms with Gasteiger partial charge < -0.3 is 5.32 Å². The topological polar surface area (TPSA) is 66.5 Å². The highest BCUT2D eigenvalue weighted by Crippen LogP contribution is 2.56. The molecule has 1 aromatic rings. The van der Waals surface area contributed by atoms with E-state index >= 15 is 0 Å². The van der Waals surface area contributed by atoms with Gasteiger partial charge in [-0.25, -0.2) is 0 Å². The third-order valence-electron chi connectivity index (χ3n) is 7.44. The van der Waals surface area contributed by atoms with E-state index in [1.54, 1.807) is 4.90 Å². The molecule has 1 N–H and O–H groups in total. The van der Waals surface area contributed by atoms with Crippen LogP contribution in [0.3, 0.4) is 0 Å². The van der Waals surface area contributed by atoms with Crippen molar-refractivity contribution in [1.82, 2.24) is 4.90 Å². The van der Waals surface area contributed by atoms with Crippen LogP contribution in [0.1, 0.15) is 44.9 Å². The molecule has 1 aromatic carbocycles. The van der Waals surface area contributed by atoms with Crippen LogP contribution in [-0.4, -0.2) is 28.7 Å². The van der Waals surface area contributed by atoms with Crippen molar-refractivity contribution in [3.05, 3.63) is 30.3 Å². The number of imide groups is 1. The van der Waals surface area contributed by atoms with E-state index in [4.69, 9.17) is 0 Å². The number of amides is 3. The predicted octanol–water partition coefficient (Wildman–Crippen LogP) is 3.22. The predicted molar refractivity (Wildman–Crippen MR) is 100 cm³/mol. The highest BCUT2D eigenvalue weighted by molar-refractivity contribution is 6.06. The fourth-order valence-corrected chi connectivity index (χ4v) is 6.15. The molecule has 4 atom stereocenters. The number of benzene rings is 1. The summed E-state index contributed by atoms with van der Waals surface area (Å²) in [6.07, 6.45) is 6.28. The Kier molecular flexibility index (Phi) is 4.06. The van der Waals surface area contributed by atoms with Crippen LogP contribution in [0.4, 0.5) is 5.69 Å². The zero-order valence-corrected chi connectivity index (χ0v) is 15.5. The van der Waals surface area contributed by atoms with E-state index in [1.807, 2.05) is 30.3 Å². The maximum absolute atomic E-state index is 13.0. The molecule has 3 aliphatic carbocycles. The molecule has 1 saturated heterocycles. The summed E-state index contributed by atoms with van der Waals surface area (Å²) in [6.45, 7) is 0. The Bertz CT molecular complexity index is 741. The Labute approximate surface area is 159 Å². The van der Waals surface area contributed by atoms with Crippen LogP contribution in [0.5, 0.6) is 0 Å². The van der Waals surface area contributed by atoms with Crippen molar-refractivity contribution in [2.24, 2.45) is 29.6 Å². The zero-order valence-electron chi connectivity index (χ0n) is 15.5. The molecule has 1 aliphatic heterocycles. The van der Waals surface area contributed by atoms with Crippen molar-refractivity contribution in [3.63, 3.8) is 0 Å². The number of likely N-dealkylation sites (tertiary alicyclic amines) is 1. The summed E-state index contributed by atoms with van der Waals surface area (Å²) in [5.74, 6) is 1.01. The Morgan fingerprint density at radius 3 is 2.04 bits per heavy atom. The lowest BCUT2D eigenvalue weighted by molar-refractivity contribution is -0.144. The van der Waals surface area contributed by atoms with Crippen LogP contribution in [0.2, 0.25) is 0 Å². The fourth-order valence-electron chi connectivity index (χ4n) is 6.15. The monoisotopic (exact) mass is 366 g/mol. The number of hydrogen-bond acceptors (Lipinski definition) is 3. The van der Waals surface area contributed by atoms with E-state index in [1.165, 1.54) is 0 Å². The number of hydrogen-bond donors (Lipinski definition) is 1. The molecule has 5 nitrogen and oxygen atoms in total. The van der Waals surface area contributed by atoms with Crippen molar-refractivity contribution >= 4 is 23.4 Å². The molecule has 5 heteroatoms. The van der Waals surface area contributed by atoms with Crippen molar-refractivity contribution in [3.8, 4) is 0 Å². The lowest BCUT2D eigenvalue weighted by Crippen LogP contribution is -2.44. The van der Waals surface area contributed by atoms with E-state index in [2.05, 4.69) is 5.32 Å². The molecule has 2 bridgehead atoms. The maximum Gasteiger partial charge on any atom is 0.233 e. The molecular formula is C22H26N2O3. The summed E-state index contributed by atoms with van der Waals surface area (Å²) in [5.41, 5.74) is 0.817. The van der Waals surface area contributed by atoms with E-state index in [9.17, 15) is 14.4 Å². The van der Waals surface area contributed by atoms with Gasteiger partial charge in [-0.1, -0.05) is 18.2 Å². The summed E-state index contributed by atoms with van der Waals surface area (Å²) < 4.78 is 0. The fraction of sp³-hybridized carbons (Fsp3) is 0.591. The summed E-state index contributed by atoms with van der Waals surface area (Å²) in [6, 6.07) is 9.50. The first-order chi connectivity index (χ1) is 13.1. The van der Waals surface area contributed by atoms with Gasteiger partial charge in [0.15, 0.2) is 0 Å². The third-order valence-corrected chi connectivity index (χ3v) is 7.44. The van der Waals surface area contributed by atoms with Gasteiger partial charge in [-0.05, 0) is 68.9 Å². The van der Waals surface area contributed by atoms with E-state index in [0.29, 0.717) is 11.8 Å². The second-order valence-electron chi connectivity index (χ2n) is 8.79. The number of carbonyl (C=O) groups excluding carboxylic acids is 3. The van der Waals surface area contributed by atoms with Crippen molar-refractivity contribution in [2.75, 3.05) is 5.32 Å². The van der Waals surface area contributed by atoms with Gasteiger partial charge in [0.05, 0.1) is 11.8 Å². The number of rotatable bonds is 3. The third kappa shape index (κ3) is 2.70. The SMILES string of the molecule is O=C(Nc1ccccc1)C1CCC(N2C(=O)[C@@H]3[C@@H]4CC[C@@H](C4)[C@@H]3C2=O)CC1. The van der Waals surface area contributed by atoms with Crippen molar-refractivity contribution in [1.29, 1.82) is 0 Å². The van der Waals surface area contributed by atoms with Gasteiger partial charge in [0.25, 0.3) is 0 Å². The highest BCUT2D eigenvalue weighted by atomic mass is 16.2. The van der Waals surface area contributed by atoms with E-state index < -0.39 is 0 Å². The number of nitrogens with one attached hydrogen (secondary N) is 1. The molecule has 0 unspecified atom stereocenters. The van der Waals surface area contributed by atoms with E-state index in [0.717, 1.165) is 50.6 Å². The smallest absolute Gasteiger partial charge is 0.233 e. The molecule has 0 spiro atoms. The van der Waals surface area contributed by atoms with Crippen LogP contribution < -0.4 is 5.32 Å². The van der Waals surface area contributed by atoms with Gasteiger partial charge in [0, 0.05) is 17.6 Å². The summed E-state index contributed by atoms with van der Waals surface area (Å²) in [7, 11) is 0. The van der Waals surface area contributed by atoms with Crippen LogP contribution in [-0.2, 0) is 14.4 Å². The average Bonchev–Trinajstić information content (AvgIpc) is 3.37. The van der Waals surface area contributed by atoms with Gasteiger partial charge in [-0.2, -0.15) is 0 Å². The average molecular weight is 366 g/mol. The van der Waals surface area contributed by atoms with Crippen molar-refractivity contribution < 1.29 is 14.4 Å². The minimum Gasteiger partial charge on any atom is -0.326 e. The molecule has 5 rings (SSSR count). The number of fused-ring (bicyclic) bond motifs is 5. The summed E-state index contributed by atoms with van der Waals surface area (Å²) >= 11 is 0. The van der Waals surface area contributed by atoms with E-state index in [-0.39, 0.29) is 41.5 Å². The standard InChI is InChI=1S/C22H26N2O3/c25-20(23-16-4-2-1-3-5-16)13-8-10-17(11-9-13)24-21(26)18-14-6-7-15(12-14)19(18)22(24)27/h1-5,13-15,17-19H,6-12H2,(H,23,25)/t13?,14-,15+,17?,18-,19+. The second kappa shape index (κ2) is 6.47.